The average molecular weight is 1460 g/mol. The van der Waals surface area contributed by atoms with Gasteiger partial charge >= 0.3 is 0 Å². The maximum atomic E-state index is 2.47. The lowest BCUT2D eigenvalue weighted by Gasteiger charge is -2.45. The van der Waals surface area contributed by atoms with Crippen LogP contribution in [-0.4, -0.2) is 0 Å². The van der Waals surface area contributed by atoms with Gasteiger partial charge in [0.2, 0.25) is 0 Å². The standard InChI is InChI=1S/C13H26.C12H24.C10H8.C10H18.C10H20.12C3H8.11CH4/c1-7-13(8-2)11(5)9(3)10(4)12(13)6;1-7-8(2)10(4)12(6)11(5)9(7)3;1-2-6-10-8-4-3-7-9(10)5-1;1-7-5-6-8(2)10(4)9(7)3;1-6-7(2)9(4)10(5)8(6)3;12*1-3-2;;;;;;;;;;;/h9-12H,7-8H2,1-6H3;7-12H,1-6H3;1-8H;5-10H,1-4H3;6-10H,1-5H3;12*3H2,1-2H3;11*1H4/t9-,10+,11-,12+;;;7-,8+,9-,10+;;;;;;;;;;;;;;;;;;;;;;;;. The van der Waals surface area contributed by atoms with Gasteiger partial charge in [-0.3, -0.25) is 0 Å². The number of hydrogen-bond acceptors (Lipinski definition) is 0. The molecule has 3 saturated carbocycles. The Bertz CT molecular complexity index is 1330. The number of benzene rings is 2. The number of fused-ring (bicyclic) bond motifs is 1. The minimum atomic E-state index is 0. The zero-order chi connectivity index (χ0) is 74.6. The first-order valence-corrected chi connectivity index (χ1v) is 40.7. The number of rotatable bonds is 2. The Labute approximate surface area is 668 Å². The third kappa shape index (κ3) is 81.0. The molecule has 4 aliphatic rings. The van der Waals surface area contributed by atoms with E-state index in [-0.39, 0.29) is 81.7 Å². The molecular formula is C102H236. The molecule has 2 aromatic carbocycles. The summed E-state index contributed by atoms with van der Waals surface area (Å²) in [6.07, 6.45) is 22.4. The van der Waals surface area contributed by atoms with Crippen LogP contribution in [0.3, 0.4) is 0 Å². The molecule has 0 heterocycles. The normalized spacial score (nSPS) is 25.3. The maximum Gasteiger partial charge on any atom is -0.0184 e. The van der Waals surface area contributed by atoms with Crippen molar-refractivity contribution in [1.29, 1.82) is 0 Å². The Kier molecular flexibility index (Phi) is 182. The van der Waals surface area contributed by atoms with Crippen LogP contribution in [0.4, 0.5) is 0 Å². The van der Waals surface area contributed by atoms with Gasteiger partial charge in [-0.05, 0) is 141 Å². The van der Waals surface area contributed by atoms with E-state index in [4.69, 9.17) is 0 Å². The highest BCUT2D eigenvalue weighted by atomic mass is 14.6. The SMILES string of the molecule is C.C.C.C.C.C.C.C.C.C.C.CC1C(C)C(C)C(C)C(C)C1C.CC1C(C)C(C)C(C)C1C.CCC.CCC.CCC.CCC.CCC.CCC.CCC.CCC.CCC.CCC.CCC.CCC.CCC1(CC)[C@H](C)[C@H](C)[C@H](C)[C@@H]1C.C[C@@H]1[C@H](C)[C@H](C)C=C[C@@H]1C.c1ccc2ccccc2c1. The van der Waals surface area contributed by atoms with Crippen molar-refractivity contribution in [2.45, 2.75) is 483 Å². The van der Waals surface area contributed by atoms with Crippen LogP contribution in [0.25, 0.3) is 10.8 Å². The molecule has 8 atom stereocenters. The summed E-state index contributed by atoms with van der Waals surface area (Å²) in [5.41, 5.74) is 0.638. The molecule has 0 aromatic heterocycles. The van der Waals surface area contributed by atoms with Gasteiger partial charge in [-0.25, -0.2) is 0 Å². The summed E-state index contributed by atoms with van der Waals surface area (Å²) in [6, 6.07) is 16.7. The smallest absolute Gasteiger partial charge is 0.0184 e. The second-order valence-corrected chi connectivity index (χ2v) is 29.3. The van der Waals surface area contributed by atoms with Gasteiger partial charge in [0.15, 0.2) is 0 Å². The Morgan fingerprint density at radius 3 is 0.382 bits per heavy atom. The van der Waals surface area contributed by atoms with Crippen LogP contribution >= 0.6 is 0 Å². The first-order chi connectivity index (χ1) is 42.6. The molecule has 0 nitrogen and oxygen atoms in total. The van der Waals surface area contributed by atoms with Crippen LogP contribution in [0.1, 0.15) is 483 Å². The first kappa shape index (κ1) is 161. The predicted octanol–water partition coefficient (Wildman–Crippen LogP) is 41.3. The Hall–Kier alpha value is -1.56. The lowest BCUT2D eigenvalue weighted by molar-refractivity contribution is 0.0302. The largest absolute Gasteiger partial charge is 0.0851 e. The molecule has 0 bridgehead atoms. The van der Waals surface area contributed by atoms with Crippen LogP contribution in [0.5, 0.6) is 0 Å². The second kappa shape index (κ2) is 115. The van der Waals surface area contributed by atoms with Crippen molar-refractivity contribution in [1.82, 2.24) is 0 Å². The monoisotopic (exact) mass is 1460 g/mol. The van der Waals surface area contributed by atoms with Gasteiger partial charge in [-0.1, -0.05) is 531 Å². The molecule has 102 heavy (non-hydrogen) atoms. The molecule has 0 spiro atoms. The highest BCUT2D eigenvalue weighted by Gasteiger charge is 2.50. The lowest BCUT2D eigenvalue weighted by atomic mass is 9.60. The third-order valence-corrected chi connectivity index (χ3v) is 19.5. The zero-order valence-electron chi connectivity index (χ0n) is 73.1. The molecule has 0 unspecified atom stereocenters. The minimum absolute atomic E-state index is 0. The first-order valence-electron chi connectivity index (χ1n) is 40.7. The van der Waals surface area contributed by atoms with E-state index in [0.29, 0.717) is 5.41 Å². The van der Waals surface area contributed by atoms with Gasteiger partial charge in [0.1, 0.15) is 0 Å². The van der Waals surface area contributed by atoms with Crippen molar-refractivity contribution in [3.63, 3.8) is 0 Å². The van der Waals surface area contributed by atoms with Gasteiger partial charge in [-0.15, -0.1) is 0 Å². The molecule has 0 heteroatoms. The van der Waals surface area contributed by atoms with Crippen LogP contribution in [-0.2, 0) is 0 Å². The lowest BCUT2D eigenvalue weighted by Crippen LogP contribution is -2.39. The van der Waals surface area contributed by atoms with E-state index < -0.39 is 0 Å². The van der Waals surface area contributed by atoms with E-state index in [0.717, 1.165) is 112 Å². The van der Waals surface area contributed by atoms with Gasteiger partial charge in [0.05, 0.1) is 0 Å². The van der Waals surface area contributed by atoms with Crippen LogP contribution in [0, 0.1) is 118 Å². The van der Waals surface area contributed by atoms with Gasteiger partial charge in [0, 0.05) is 0 Å². The summed E-state index contributed by atoms with van der Waals surface area (Å²) >= 11 is 0. The molecule has 0 amide bonds. The second-order valence-electron chi connectivity index (χ2n) is 29.3. The van der Waals surface area contributed by atoms with E-state index in [9.17, 15) is 0 Å². The van der Waals surface area contributed by atoms with Crippen molar-refractivity contribution < 1.29 is 0 Å². The van der Waals surface area contributed by atoms with Crippen LogP contribution in [0.15, 0.2) is 60.7 Å². The fourth-order valence-electron chi connectivity index (χ4n) is 12.0. The van der Waals surface area contributed by atoms with E-state index in [2.05, 4.69) is 372 Å². The van der Waals surface area contributed by atoms with Crippen molar-refractivity contribution in [2.24, 2.45) is 118 Å². The summed E-state index contributed by atoms with van der Waals surface area (Å²) in [4.78, 5) is 0. The maximum absolute atomic E-state index is 2.47. The Morgan fingerprint density at radius 1 is 0.186 bits per heavy atom. The quantitative estimate of drug-likeness (QED) is 0.263. The molecule has 0 N–H and O–H groups in total. The molecule has 2 aromatic rings. The van der Waals surface area contributed by atoms with Gasteiger partial charge < -0.3 is 0 Å². The highest BCUT2D eigenvalue weighted by molar-refractivity contribution is 5.82. The third-order valence-electron chi connectivity index (χ3n) is 19.5. The molecular weight excluding hydrogens is 1230 g/mol. The van der Waals surface area contributed by atoms with Gasteiger partial charge in [-0.2, -0.15) is 0 Å². The van der Waals surface area contributed by atoms with Crippen molar-refractivity contribution in [2.75, 3.05) is 0 Å². The summed E-state index contributed by atoms with van der Waals surface area (Å²) < 4.78 is 0. The van der Waals surface area contributed by atoms with Gasteiger partial charge in [0.25, 0.3) is 0 Å². The Morgan fingerprint density at radius 2 is 0.294 bits per heavy atom. The highest BCUT2D eigenvalue weighted by Crippen LogP contribution is 2.57. The number of allylic oxidation sites excluding steroid dienone is 2. The summed E-state index contributed by atoms with van der Waals surface area (Å²) in [5, 5.41) is 2.62. The van der Waals surface area contributed by atoms with E-state index in [1.807, 2.05) is 0 Å². The number of hydrogen-bond donors (Lipinski definition) is 0. The fraction of sp³-hybridized carbons (Fsp3) is 0.882. The molecule has 6 rings (SSSR count). The molecule has 0 radical (unpaired) electrons. The molecule has 0 aliphatic heterocycles. The zero-order valence-corrected chi connectivity index (χ0v) is 73.1. The molecule has 644 valence electrons. The van der Waals surface area contributed by atoms with Crippen molar-refractivity contribution >= 4 is 10.8 Å². The topological polar surface area (TPSA) is 0 Å². The molecule has 3 fully saturated rings. The summed E-state index contributed by atoms with van der Waals surface area (Å²) in [7, 11) is 0. The molecule has 0 saturated heterocycles. The average Bonchev–Trinajstić information content (AvgIpc) is 1.60. The van der Waals surface area contributed by atoms with Crippen molar-refractivity contribution in [3.8, 4) is 0 Å². The summed E-state index contributed by atoms with van der Waals surface area (Å²) in [5.74, 6) is 17.1. The van der Waals surface area contributed by atoms with Crippen LogP contribution < -0.4 is 0 Å². The summed E-state index contributed by atoms with van der Waals surface area (Å²) in [6.45, 7) is 101. The fourth-order valence-corrected chi connectivity index (χ4v) is 12.0. The molecule has 4 aliphatic carbocycles. The minimum Gasteiger partial charge on any atom is -0.0851 e. The van der Waals surface area contributed by atoms with E-state index in [1.54, 1.807) is 0 Å². The van der Waals surface area contributed by atoms with E-state index >= 15 is 0 Å². The van der Waals surface area contributed by atoms with E-state index in [1.165, 1.54) is 101 Å². The van der Waals surface area contributed by atoms with Crippen molar-refractivity contribution in [3.05, 3.63) is 60.7 Å². The predicted molar refractivity (Wildman–Crippen MR) is 516 cm³/mol. The van der Waals surface area contributed by atoms with Crippen LogP contribution in [0.2, 0.25) is 0 Å². The Balaban J connectivity index is -0.0000000344.